The van der Waals surface area contributed by atoms with E-state index in [2.05, 4.69) is 10.6 Å². The minimum Gasteiger partial charge on any atom is -0.463 e. The number of quaternary nitrogens is 1. The molecule has 138 valence electrons. The highest BCUT2D eigenvalue weighted by Gasteiger charge is 2.29. The number of carbonyl (C=O) groups excluding carboxylic acids is 2. The van der Waals surface area contributed by atoms with Crippen LogP contribution in [0.15, 0.2) is 47.1 Å². The van der Waals surface area contributed by atoms with Crippen LogP contribution in [0, 0.1) is 0 Å². The summed E-state index contributed by atoms with van der Waals surface area (Å²) >= 11 is 5.99. The number of likely N-dealkylation sites (tertiary alicyclic amines) is 1. The fraction of sp³-hybridized carbons (Fsp3) is 0.368. The Labute approximate surface area is 157 Å². The van der Waals surface area contributed by atoms with Gasteiger partial charge in [0.1, 0.15) is 0 Å². The molecule has 1 atom stereocenters. The number of nitrogens with one attached hydrogen (secondary N) is 3. The standard InChI is InChI=1S/C19H22ClN3O3/c20-15-7-2-1-6-14(15)19(25)22-13-18(24)21-12-16(17-8-5-11-26-17)23-9-3-4-10-23/h1-2,5-8,11,16H,3-4,9-10,12-13H2,(H,21,24)(H,22,25)/p+1/t16-/m0/s1. The van der Waals surface area contributed by atoms with Crippen molar-refractivity contribution in [2.45, 2.75) is 18.9 Å². The third-order valence-electron chi connectivity index (χ3n) is 4.66. The molecular formula is C19H23ClN3O3+. The molecule has 26 heavy (non-hydrogen) atoms. The Morgan fingerprint density at radius 3 is 2.58 bits per heavy atom. The first-order valence-electron chi connectivity index (χ1n) is 8.82. The van der Waals surface area contributed by atoms with Gasteiger partial charge in [0, 0.05) is 12.8 Å². The van der Waals surface area contributed by atoms with Gasteiger partial charge in [0.25, 0.3) is 5.91 Å². The van der Waals surface area contributed by atoms with Gasteiger partial charge in [-0.1, -0.05) is 23.7 Å². The van der Waals surface area contributed by atoms with E-state index >= 15 is 0 Å². The highest BCUT2D eigenvalue weighted by molar-refractivity contribution is 6.33. The average molecular weight is 377 g/mol. The lowest BCUT2D eigenvalue weighted by Gasteiger charge is -2.23. The van der Waals surface area contributed by atoms with Crippen molar-refractivity contribution >= 4 is 23.4 Å². The second-order valence-electron chi connectivity index (χ2n) is 6.40. The number of hydrogen-bond donors (Lipinski definition) is 3. The van der Waals surface area contributed by atoms with Gasteiger partial charge in [-0.2, -0.15) is 0 Å². The minimum absolute atomic E-state index is 0.0930. The molecule has 1 aromatic carbocycles. The average Bonchev–Trinajstić information content (AvgIpc) is 3.35. The predicted molar refractivity (Wildman–Crippen MR) is 98.2 cm³/mol. The van der Waals surface area contributed by atoms with Crippen LogP contribution in [0.25, 0.3) is 0 Å². The summed E-state index contributed by atoms with van der Waals surface area (Å²) in [5, 5.41) is 5.87. The van der Waals surface area contributed by atoms with E-state index < -0.39 is 0 Å². The van der Waals surface area contributed by atoms with Crippen LogP contribution in [0.2, 0.25) is 5.02 Å². The Bertz CT molecular complexity index is 742. The van der Waals surface area contributed by atoms with Crippen molar-refractivity contribution < 1.29 is 18.9 Å². The molecule has 7 heteroatoms. The van der Waals surface area contributed by atoms with E-state index in [9.17, 15) is 9.59 Å². The minimum atomic E-state index is -0.362. The summed E-state index contributed by atoms with van der Waals surface area (Å²) in [5.41, 5.74) is 0.358. The van der Waals surface area contributed by atoms with E-state index in [1.807, 2.05) is 12.1 Å². The fourth-order valence-electron chi connectivity index (χ4n) is 3.29. The molecule has 3 N–H and O–H groups in total. The summed E-state index contributed by atoms with van der Waals surface area (Å²) in [6.45, 7) is 2.53. The normalized spacial score (nSPS) is 15.6. The molecule has 1 fully saturated rings. The summed E-state index contributed by atoms with van der Waals surface area (Å²) in [5.74, 6) is 0.279. The van der Waals surface area contributed by atoms with Crippen molar-refractivity contribution in [1.29, 1.82) is 0 Å². The van der Waals surface area contributed by atoms with Crippen LogP contribution in [0.4, 0.5) is 0 Å². The third kappa shape index (κ3) is 4.65. The van der Waals surface area contributed by atoms with Crippen LogP contribution >= 0.6 is 11.6 Å². The number of rotatable bonds is 7. The first kappa shape index (κ1) is 18.5. The van der Waals surface area contributed by atoms with E-state index in [0.717, 1.165) is 18.8 Å². The maximum absolute atomic E-state index is 12.2. The molecule has 2 aromatic rings. The Morgan fingerprint density at radius 1 is 1.12 bits per heavy atom. The molecule has 2 heterocycles. The summed E-state index contributed by atoms with van der Waals surface area (Å²) in [6.07, 6.45) is 4.03. The number of hydrogen-bond acceptors (Lipinski definition) is 3. The van der Waals surface area contributed by atoms with Crippen LogP contribution in [0.1, 0.15) is 35.0 Å². The zero-order chi connectivity index (χ0) is 18.4. The Kier molecular flexibility index (Phi) is 6.30. The number of halogens is 1. The molecule has 0 unspecified atom stereocenters. The van der Waals surface area contributed by atoms with E-state index in [0.29, 0.717) is 17.1 Å². The van der Waals surface area contributed by atoms with Gasteiger partial charge in [0.15, 0.2) is 11.8 Å². The smallest absolute Gasteiger partial charge is 0.253 e. The van der Waals surface area contributed by atoms with E-state index in [1.54, 1.807) is 30.5 Å². The van der Waals surface area contributed by atoms with Crippen molar-refractivity contribution in [1.82, 2.24) is 10.6 Å². The van der Waals surface area contributed by atoms with Crippen LogP contribution in [0.3, 0.4) is 0 Å². The Hall–Kier alpha value is -2.31. The quantitative estimate of drug-likeness (QED) is 0.679. The van der Waals surface area contributed by atoms with Gasteiger partial charge in [-0.15, -0.1) is 0 Å². The molecule has 0 spiro atoms. The highest BCUT2D eigenvalue weighted by atomic mass is 35.5. The van der Waals surface area contributed by atoms with E-state index in [1.165, 1.54) is 17.7 Å². The molecular weight excluding hydrogens is 354 g/mol. The first-order valence-corrected chi connectivity index (χ1v) is 9.20. The van der Waals surface area contributed by atoms with Crippen LogP contribution in [0.5, 0.6) is 0 Å². The van der Waals surface area contributed by atoms with E-state index in [-0.39, 0.29) is 24.4 Å². The predicted octanol–water partition coefficient (Wildman–Crippen LogP) is 1.20. The summed E-state index contributed by atoms with van der Waals surface area (Å²) in [4.78, 5) is 25.7. The van der Waals surface area contributed by atoms with Gasteiger partial charge in [0.2, 0.25) is 5.91 Å². The van der Waals surface area contributed by atoms with Gasteiger partial charge < -0.3 is 20.0 Å². The molecule has 2 amide bonds. The lowest BCUT2D eigenvalue weighted by atomic mass is 10.2. The Morgan fingerprint density at radius 2 is 1.88 bits per heavy atom. The zero-order valence-electron chi connectivity index (χ0n) is 14.5. The maximum Gasteiger partial charge on any atom is 0.253 e. The van der Waals surface area contributed by atoms with Crippen molar-refractivity contribution in [3.05, 3.63) is 59.0 Å². The van der Waals surface area contributed by atoms with Crippen LogP contribution < -0.4 is 15.5 Å². The fourth-order valence-corrected chi connectivity index (χ4v) is 3.51. The van der Waals surface area contributed by atoms with Gasteiger partial charge in [0.05, 0.1) is 43.0 Å². The van der Waals surface area contributed by atoms with Crippen molar-refractivity contribution in [3.63, 3.8) is 0 Å². The molecule has 0 aliphatic carbocycles. The van der Waals surface area contributed by atoms with Gasteiger partial charge in [-0.05, 0) is 24.3 Å². The number of furan rings is 1. The largest absolute Gasteiger partial charge is 0.463 e. The maximum atomic E-state index is 12.2. The first-order chi connectivity index (χ1) is 12.6. The Balaban J connectivity index is 1.51. The summed E-state index contributed by atoms with van der Waals surface area (Å²) in [6, 6.07) is 10.7. The SMILES string of the molecule is O=C(CNC(=O)c1ccccc1Cl)NC[C@@H](c1ccco1)[NH+]1CCCC1. The van der Waals surface area contributed by atoms with Crippen LogP contribution in [-0.2, 0) is 4.79 Å². The summed E-state index contributed by atoms with van der Waals surface area (Å²) < 4.78 is 5.55. The van der Waals surface area contributed by atoms with E-state index in [4.69, 9.17) is 16.0 Å². The lowest BCUT2D eigenvalue weighted by Crippen LogP contribution is -3.11. The molecule has 0 bridgehead atoms. The summed E-state index contributed by atoms with van der Waals surface area (Å²) in [7, 11) is 0. The zero-order valence-corrected chi connectivity index (χ0v) is 15.2. The van der Waals surface area contributed by atoms with Gasteiger partial charge >= 0.3 is 0 Å². The molecule has 1 aliphatic heterocycles. The molecule has 6 nitrogen and oxygen atoms in total. The lowest BCUT2D eigenvalue weighted by molar-refractivity contribution is -0.919. The van der Waals surface area contributed by atoms with Crippen molar-refractivity contribution in [2.75, 3.05) is 26.2 Å². The molecule has 0 radical (unpaired) electrons. The molecule has 3 rings (SSSR count). The second kappa shape index (κ2) is 8.87. The third-order valence-corrected chi connectivity index (χ3v) is 4.99. The molecule has 1 aliphatic rings. The van der Waals surface area contributed by atoms with Gasteiger partial charge in [-0.25, -0.2) is 0 Å². The number of carbonyl (C=O) groups is 2. The molecule has 1 saturated heterocycles. The second-order valence-corrected chi connectivity index (χ2v) is 6.81. The monoisotopic (exact) mass is 376 g/mol. The number of amides is 2. The van der Waals surface area contributed by atoms with Crippen LogP contribution in [-0.4, -0.2) is 38.0 Å². The molecule has 1 aromatic heterocycles. The van der Waals surface area contributed by atoms with Crippen molar-refractivity contribution in [2.24, 2.45) is 0 Å². The highest BCUT2D eigenvalue weighted by Crippen LogP contribution is 2.14. The molecule has 0 saturated carbocycles. The van der Waals surface area contributed by atoms with Gasteiger partial charge in [-0.3, -0.25) is 9.59 Å². The topological polar surface area (TPSA) is 75.8 Å². The number of benzene rings is 1. The van der Waals surface area contributed by atoms with Crippen molar-refractivity contribution in [3.8, 4) is 0 Å².